The molecule has 1 saturated heterocycles. The Kier molecular flexibility index (Phi) is 4.61. The molecule has 1 aliphatic heterocycles. The zero-order valence-corrected chi connectivity index (χ0v) is 13.2. The Balaban J connectivity index is 1.54. The highest BCUT2D eigenvalue weighted by Gasteiger charge is 2.31. The summed E-state index contributed by atoms with van der Waals surface area (Å²) in [5, 5.41) is 10.9. The highest BCUT2D eigenvalue weighted by atomic mass is 16.5. The number of carbonyl (C=O) groups excluding carboxylic acids is 1. The van der Waals surface area contributed by atoms with Crippen molar-refractivity contribution < 1.29 is 18.8 Å². The zero-order chi connectivity index (χ0) is 16.2. The fourth-order valence-corrected chi connectivity index (χ4v) is 2.45. The van der Waals surface area contributed by atoms with Crippen LogP contribution >= 0.6 is 0 Å². The summed E-state index contributed by atoms with van der Waals surface area (Å²) in [6, 6.07) is 1.55. The fraction of sp³-hybridized carbons (Fsp3) is 0.533. The van der Waals surface area contributed by atoms with Crippen LogP contribution in [0, 0.1) is 6.92 Å². The lowest BCUT2D eigenvalue weighted by atomic mass is 10.2. The summed E-state index contributed by atoms with van der Waals surface area (Å²) >= 11 is 0. The van der Waals surface area contributed by atoms with E-state index in [0.29, 0.717) is 24.7 Å². The second kappa shape index (κ2) is 6.82. The van der Waals surface area contributed by atoms with Crippen molar-refractivity contribution in [3.8, 4) is 5.75 Å². The summed E-state index contributed by atoms with van der Waals surface area (Å²) in [6.07, 6.45) is 3.41. The number of rotatable bonds is 6. The molecule has 1 amide bonds. The molecule has 2 aromatic heterocycles. The number of hydrogen-bond donors (Lipinski definition) is 1. The molecule has 2 aromatic rings. The van der Waals surface area contributed by atoms with E-state index in [1.165, 1.54) is 0 Å². The monoisotopic (exact) mass is 320 g/mol. The Bertz CT molecular complexity index is 666. The van der Waals surface area contributed by atoms with Gasteiger partial charge in [0.05, 0.1) is 43.8 Å². The number of amides is 1. The molecular weight excluding hydrogens is 300 g/mol. The van der Waals surface area contributed by atoms with Gasteiger partial charge < -0.3 is 19.3 Å². The van der Waals surface area contributed by atoms with Crippen molar-refractivity contribution in [1.82, 2.24) is 20.3 Å². The number of hydrogen-bond acceptors (Lipinski definition) is 6. The smallest absolute Gasteiger partial charge is 0.228 e. The molecule has 0 saturated carbocycles. The first-order chi connectivity index (χ1) is 11.1. The molecule has 3 heterocycles. The van der Waals surface area contributed by atoms with Crippen LogP contribution in [0.25, 0.3) is 0 Å². The maximum Gasteiger partial charge on any atom is 0.228 e. The molecule has 0 aromatic carbocycles. The second-order valence-electron chi connectivity index (χ2n) is 5.51. The summed E-state index contributed by atoms with van der Waals surface area (Å²) in [6.45, 7) is 5.46. The highest BCUT2D eigenvalue weighted by molar-refractivity contribution is 5.78. The van der Waals surface area contributed by atoms with Crippen LogP contribution in [-0.2, 0) is 22.5 Å². The van der Waals surface area contributed by atoms with Gasteiger partial charge >= 0.3 is 0 Å². The average molecular weight is 320 g/mol. The van der Waals surface area contributed by atoms with E-state index >= 15 is 0 Å². The lowest BCUT2D eigenvalue weighted by Crippen LogP contribution is -2.45. The highest BCUT2D eigenvalue weighted by Crippen LogP contribution is 2.17. The molecule has 124 valence electrons. The van der Waals surface area contributed by atoms with E-state index in [0.717, 1.165) is 12.2 Å². The third kappa shape index (κ3) is 3.89. The maximum atomic E-state index is 12.1. The molecule has 8 nitrogen and oxygen atoms in total. The van der Waals surface area contributed by atoms with Gasteiger partial charge in [-0.3, -0.25) is 9.48 Å². The van der Waals surface area contributed by atoms with E-state index in [9.17, 15) is 4.79 Å². The Morgan fingerprint density at radius 3 is 3.09 bits per heavy atom. The van der Waals surface area contributed by atoms with Crippen molar-refractivity contribution in [2.45, 2.75) is 39.0 Å². The summed E-state index contributed by atoms with van der Waals surface area (Å²) in [5.41, 5.74) is 0.756. The Hall–Kier alpha value is -2.35. The van der Waals surface area contributed by atoms with Gasteiger partial charge in [0.1, 0.15) is 11.9 Å². The van der Waals surface area contributed by atoms with Gasteiger partial charge in [-0.1, -0.05) is 5.16 Å². The van der Waals surface area contributed by atoms with E-state index in [1.807, 2.05) is 20.0 Å². The molecular formula is C15H20N4O4. The van der Waals surface area contributed by atoms with Crippen molar-refractivity contribution in [3.05, 3.63) is 29.9 Å². The molecule has 1 aliphatic rings. The fourth-order valence-electron chi connectivity index (χ4n) is 2.45. The van der Waals surface area contributed by atoms with Crippen molar-refractivity contribution in [1.29, 1.82) is 0 Å². The standard InChI is InChI=1S/C15H20N4O4/c1-3-19-7-12(6-16-19)22-14-9-21-8-13(14)17-15(20)5-11-4-10(2)18-23-11/h4,6-7,13-14H,3,5,8-9H2,1-2H3,(H,17,20)/t13-,14+/m0/s1. The Labute approximate surface area is 133 Å². The van der Waals surface area contributed by atoms with Gasteiger partial charge in [-0.25, -0.2) is 0 Å². The topological polar surface area (TPSA) is 91.4 Å². The van der Waals surface area contributed by atoms with Gasteiger partial charge in [0, 0.05) is 12.6 Å². The molecule has 0 bridgehead atoms. The molecule has 1 N–H and O–H groups in total. The van der Waals surface area contributed by atoms with Crippen LogP contribution in [0.5, 0.6) is 5.75 Å². The maximum absolute atomic E-state index is 12.1. The lowest BCUT2D eigenvalue weighted by Gasteiger charge is -2.19. The second-order valence-corrected chi connectivity index (χ2v) is 5.51. The van der Waals surface area contributed by atoms with Crippen molar-refractivity contribution in [3.63, 3.8) is 0 Å². The third-order valence-corrected chi connectivity index (χ3v) is 3.61. The summed E-state index contributed by atoms with van der Waals surface area (Å²) in [5.74, 6) is 1.07. The number of aryl methyl sites for hydroxylation is 2. The normalized spacial score (nSPS) is 20.6. The van der Waals surface area contributed by atoms with Crippen molar-refractivity contribution in [2.24, 2.45) is 0 Å². The van der Waals surface area contributed by atoms with Crippen LogP contribution in [-0.4, -0.2) is 46.2 Å². The van der Waals surface area contributed by atoms with Gasteiger partial charge in [0.15, 0.2) is 5.75 Å². The van der Waals surface area contributed by atoms with Crippen LogP contribution in [0.1, 0.15) is 18.4 Å². The quantitative estimate of drug-likeness (QED) is 0.842. The molecule has 1 fully saturated rings. The molecule has 0 radical (unpaired) electrons. The predicted octanol–water partition coefficient (Wildman–Crippen LogP) is 0.705. The largest absolute Gasteiger partial charge is 0.482 e. The van der Waals surface area contributed by atoms with Gasteiger partial charge in [-0.15, -0.1) is 0 Å². The van der Waals surface area contributed by atoms with Crippen LogP contribution in [0.15, 0.2) is 23.0 Å². The Morgan fingerprint density at radius 1 is 1.52 bits per heavy atom. The third-order valence-electron chi connectivity index (χ3n) is 3.61. The zero-order valence-electron chi connectivity index (χ0n) is 13.2. The minimum Gasteiger partial charge on any atom is -0.482 e. The van der Waals surface area contributed by atoms with E-state index < -0.39 is 0 Å². The van der Waals surface area contributed by atoms with Crippen molar-refractivity contribution in [2.75, 3.05) is 13.2 Å². The van der Waals surface area contributed by atoms with Crippen LogP contribution < -0.4 is 10.1 Å². The first-order valence-corrected chi connectivity index (χ1v) is 7.62. The van der Waals surface area contributed by atoms with E-state index in [2.05, 4.69) is 15.6 Å². The van der Waals surface area contributed by atoms with E-state index in [1.54, 1.807) is 16.9 Å². The van der Waals surface area contributed by atoms with Crippen LogP contribution in [0.2, 0.25) is 0 Å². The van der Waals surface area contributed by atoms with Crippen LogP contribution in [0.4, 0.5) is 0 Å². The number of nitrogens with one attached hydrogen (secondary N) is 1. The SMILES string of the molecule is CCn1cc(O[C@@H]2COC[C@@H]2NC(=O)Cc2cc(C)no2)cn1. The van der Waals surface area contributed by atoms with Crippen LogP contribution in [0.3, 0.4) is 0 Å². The molecule has 0 aliphatic carbocycles. The van der Waals surface area contributed by atoms with Gasteiger partial charge in [0.2, 0.25) is 5.91 Å². The minimum absolute atomic E-state index is 0.144. The van der Waals surface area contributed by atoms with Gasteiger partial charge in [0.25, 0.3) is 0 Å². The predicted molar refractivity (Wildman–Crippen MR) is 80.0 cm³/mol. The number of nitrogens with zero attached hydrogens (tertiary/aromatic N) is 3. The number of carbonyl (C=O) groups is 1. The summed E-state index contributed by atoms with van der Waals surface area (Å²) in [4.78, 5) is 12.1. The molecule has 0 unspecified atom stereocenters. The molecule has 0 spiro atoms. The first-order valence-electron chi connectivity index (χ1n) is 7.62. The van der Waals surface area contributed by atoms with Gasteiger partial charge in [-0.2, -0.15) is 5.10 Å². The molecule has 3 rings (SSSR count). The molecule has 2 atom stereocenters. The average Bonchev–Trinajstić information content (AvgIpc) is 3.23. The van der Waals surface area contributed by atoms with E-state index in [-0.39, 0.29) is 24.5 Å². The number of ether oxygens (including phenoxy) is 2. The summed E-state index contributed by atoms with van der Waals surface area (Å²) < 4.78 is 18.1. The minimum atomic E-state index is -0.232. The first kappa shape index (κ1) is 15.5. The van der Waals surface area contributed by atoms with E-state index in [4.69, 9.17) is 14.0 Å². The molecule has 8 heteroatoms. The van der Waals surface area contributed by atoms with Crippen molar-refractivity contribution >= 4 is 5.91 Å². The molecule has 23 heavy (non-hydrogen) atoms. The summed E-state index contributed by atoms with van der Waals surface area (Å²) in [7, 11) is 0. The number of aromatic nitrogens is 3. The van der Waals surface area contributed by atoms with Gasteiger partial charge in [-0.05, 0) is 13.8 Å². The lowest BCUT2D eigenvalue weighted by molar-refractivity contribution is -0.121. The Morgan fingerprint density at radius 2 is 2.39 bits per heavy atom.